The van der Waals surface area contributed by atoms with Crippen LogP contribution in [0.2, 0.25) is 0 Å². The molecule has 2 N–H and O–H groups in total. The first-order valence-corrected chi connectivity index (χ1v) is 9.24. The van der Waals surface area contributed by atoms with Crippen molar-refractivity contribution in [1.29, 1.82) is 0 Å². The van der Waals surface area contributed by atoms with E-state index in [4.69, 9.17) is 4.74 Å². The lowest BCUT2D eigenvalue weighted by atomic mass is 10.2. The van der Waals surface area contributed by atoms with Crippen LogP contribution in [0, 0.1) is 0 Å². The summed E-state index contributed by atoms with van der Waals surface area (Å²) in [4.78, 5) is 26.2. The minimum atomic E-state index is -0.758. The molecule has 0 aliphatic carbocycles. The van der Waals surface area contributed by atoms with Crippen LogP contribution >= 0.6 is 0 Å². The minimum absolute atomic E-state index is 0.0744. The van der Waals surface area contributed by atoms with Crippen molar-refractivity contribution < 1.29 is 19.4 Å². The summed E-state index contributed by atoms with van der Waals surface area (Å²) >= 11 is 0. The Morgan fingerprint density at radius 1 is 0.828 bits per heavy atom. The van der Waals surface area contributed by atoms with Crippen LogP contribution in [0.15, 0.2) is 84.9 Å². The smallest absolute Gasteiger partial charge is 0.313 e. The van der Waals surface area contributed by atoms with Crippen molar-refractivity contribution in [3.8, 4) is 11.5 Å². The number of benzene rings is 3. The SMILES string of the molecule is O=C(Nc1ccc(Oc2ccccc2)cc1)C(=O)N(CCO)Cc1ccccc1. The molecule has 6 nitrogen and oxygen atoms in total. The van der Waals surface area contributed by atoms with Gasteiger partial charge in [-0.25, -0.2) is 0 Å². The van der Waals surface area contributed by atoms with Gasteiger partial charge in [0.25, 0.3) is 0 Å². The van der Waals surface area contributed by atoms with Gasteiger partial charge in [0, 0.05) is 18.8 Å². The van der Waals surface area contributed by atoms with Crippen molar-refractivity contribution in [2.75, 3.05) is 18.5 Å². The summed E-state index contributed by atoms with van der Waals surface area (Å²) in [6.45, 7) is 0.0971. The monoisotopic (exact) mass is 390 g/mol. The van der Waals surface area contributed by atoms with Gasteiger partial charge in [-0.3, -0.25) is 9.59 Å². The van der Waals surface area contributed by atoms with Gasteiger partial charge in [-0.05, 0) is 42.0 Å². The summed E-state index contributed by atoms with van der Waals surface area (Å²) in [5.41, 5.74) is 1.36. The molecule has 0 aliphatic heterocycles. The first kappa shape index (κ1) is 20.1. The molecule has 0 aliphatic rings. The molecule has 29 heavy (non-hydrogen) atoms. The summed E-state index contributed by atoms with van der Waals surface area (Å²) in [5.74, 6) is -0.134. The van der Waals surface area contributed by atoms with Crippen LogP contribution in [-0.2, 0) is 16.1 Å². The highest BCUT2D eigenvalue weighted by Crippen LogP contribution is 2.22. The van der Waals surface area contributed by atoms with Crippen LogP contribution in [0.5, 0.6) is 11.5 Å². The summed E-state index contributed by atoms with van der Waals surface area (Å²) in [7, 11) is 0. The third kappa shape index (κ3) is 5.92. The number of amides is 2. The number of rotatable bonds is 7. The second-order valence-corrected chi connectivity index (χ2v) is 6.33. The van der Waals surface area contributed by atoms with E-state index in [1.165, 1.54) is 4.90 Å². The van der Waals surface area contributed by atoms with E-state index in [-0.39, 0.29) is 19.7 Å². The molecule has 0 fully saturated rings. The molecule has 3 rings (SSSR count). The number of aliphatic hydroxyl groups is 1. The molecule has 0 saturated carbocycles. The first-order valence-electron chi connectivity index (χ1n) is 9.24. The van der Waals surface area contributed by atoms with E-state index < -0.39 is 11.8 Å². The summed E-state index contributed by atoms with van der Waals surface area (Å²) < 4.78 is 5.71. The quantitative estimate of drug-likeness (QED) is 0.606. The number of carbonyl (C=O) groups is 2. The Balaban J connectivity index is 1.61. The summed E-state index contributed by atoms with van der Waals surface area (Å²) in [5, 5.41) is 11.8. The molecule has 0 unspecified atom stereocenters. The lowest BCUT2D eigenvalue weighted by molar-refractivity contribution is -0.143. The summed E-state index contributed by atoms with van der Waals surface area (Å²) in [6.07, 6.45) is 0. The van der Waals surface area contributed by atoms with Gasteiger partial charge in [-0.1, -0.05) is 48.5 Å². The van der Waals surface area contributed by atoms with Gasteiger partial charge < -0.3 is 20.1 Å². The Hall–Kier alpha value is -3.64. The van der Waals surface area contributed by atoms with Crippen LogP contribution in [0.1, 0.15) is 5.56 Å². The van der Waals surface area contributed by atoms with Crippen molar-refractivity contribution >= 4 is 17.5 Å². The first-order chi connectivity index (χ1) is 14.2. The van der Waals surface area contributed by atoms with E-state index in [9.17, 15) is 14.7 Å². The maximum Gasteiger partial charge on any atom is 0.313 e. The molecule has 0 bridgehead atoms. The standard InChI is InChI=1S/C23H22N2O4/c26-16-15-25(17-18-7-3-1-4-8-18)23(28)22(27)24-19-11-13-21(14-12-19)29-20-9-5-2-6-10-20/h1-14,26H,15-17H2,(H,24,27). The lowest BCUT2D eigenvalue weighted by Crippen LogP contribution is -2.40. The maximum atomic E-state index is 12.5. The second-order valence-electron chi connectivity index (χ2n) is 6.33. The number of aliphatic hydroxyl groups excluding tert-OH is 1. The number of hydrogen-bond donors (Lipinski definition) is 2. The average molecular weight is 390 g/mol. The van der Waals surface area contributed by atoms with Crippen LogP contribution < -0.4 is 10.1 Å². The predicted molar refractivity (Wildman–Crippen MR) is 111 cm³/mol. The van der Waals surface area contributed by atoms with Gasteiger partial charge in [-0.2, -0.15) is 0 Å². The minimum Gasteiger partial charge on any atom is -0.457 e. The highest BCUT2D eigenvalue weighted by molar-refractivity contribution is 6.39. The Morgan fingerprint density at radius 2 is 1.41 bits per heavy atom. The molecule has 3 aromatic carbocycles. The van der Waals surface area contributed by atoms with Gasteiger partial charge in [0.1, 0.15) is 11.5 Å². The van der Waals surface area contributed by atoms with Gasteiger partial charge in [0.15, 0.2) is 0 Å². The number of anilines is 1. The van der Waals surface area contributed by atoms with Crippen LogP contribution in [0.4, 0.5) is 5.69 Å². The maximum absolute atomic E-state index is 12.5. The van der Waals surface area contributed by atoms with Crippen LogP contribution in [-0.4, -0.2) is 35.0 Å². The molecule has 3 aromatic rings. The second kappa shape index (κ2) is 10.1. The molecule has 0 radical (unpaired) electrons. The molecule has 2 amide bonds. The molecule has 148 valence electrons. The molecule has 0 aromatic heterocycles. The van der Waals surface area contributed by atoms with E-state index in [0.29, 0.717) is 17.2 Å². The van der Waals surface area contributed by atoms with Crippen LogP contribution in [0.25, 0.3) is 0 Å². The van der Waals surface area contributed by atoms with E-state index in [1.807, 2.05) is 60.7 Å². The highest BCUT2D eigenvalue weighted by atomic mass is 16.5. The number of carbonyl (C=O) groups excluding carboxylic acids is 2. The molecule has 0 heterocycles. The zero-order valence-electron chi connectivity index (χ0n) is 15.8. The average Bonchev–Trinajstić information content (AvgIpc) is 2.76. The zero-order valence-corrected chi connectivity index (χ0v) is 15.8. The van der Waals surface area contributed by atoms with Gasteiger partial charge in [0.2, 0.25) is 0 Å². The fourth-order valence-corrected chi connectivity index (χ4v) is 2.74. The Labute approximate surface area is 169 Å². The van der Waals surface area contributed by atoms with Crippen molar-refractivity contribution in [1.82, 2.24) is 4.90 Å². The lowest BCUT2D eigenvalue weighted by Gasteiger charge is -2.21. The van der Waals surface area contributed by atoms with E-state index in [0.717, 1.165) is 5.56 Å². The van der Waals surface area contributed by atoms with E-state index in [1.54, 1.807) is 24.3 Å². The molecule has 6 heteroatoms. The third-order valence-corrected chi connectivity index (χ3v) is 4.16. The van der Waals surface area contributed by atoms with Gasteiger partial charge >= 0.3 is 11.8 Å². The van der Waals surface area contributed by atoms with Crippen LogP contribution in [0.3, 0.4) is 0 Å². The van der Waals surface area contributed by atoms with Crippen molar-refractivity contribution in [2.24, 2.45) is 0 Å². The number of hydrogen-bond acceptors (Lipinski definition) is 4. The Morgan fingerprint density at radius 3 is 2.03 bits per heavy atom. The molecule has 0 saturated heterocycles. The van der Waals surface area contributed by atoms with Crippen molar-refractivity contribution in [3.63, 3.8) is 0 Å². The van der Waals surface area contributed by atoms with Gasteiger partial charge in [-0.15, -0.1) is 0 Å². The zero-order chi connectivity index (χ0) is 20.5. The Bertz CT molecular complexity index is 928. The number of nitrogens with zero attached hydrogens (tertiary/aromatic N) is 1. The number of nitrogens with one attached hydrogen (secondary N) is 1. The fourth-order valence-electron chi connectivity index (χ4n) is 2.74. The third-order valence-electron chi connectivity index (χ3n) is 4.16. The molecular weight excluding hydrogens is 368 g/mol. The Kier molecular flexibility index (Phi) is 6.97. The molecule has 0 atom stereocenters. The number of ether oxygens (including phenoxy) is 1. The van der Waals surface area contributed by atoms with E-state index >= 15 is 0 Å². The normalized spacial score (nSPS) is 10.2. The van der Waals surface area contributed by atoms with Crippen molar-refractivity contribution in [3.05, 3.63) is 90.5 Å². The van der Waals surface area contributed by atoms with Gasteiger partial charge in [0.05, 0.1) is 6.61 Å². The fraction of sp³-hybridized carbons (Fsp3) is 0.130. The van der Waals surface area contributed by atoms with E-state index in [2.05, 4.69) is 5.32 Å². The predicted octanol–water partition coefficient (Wildman–Crippen LogP) is 3.44. The largest absolute Gasteiger partial charge is 0.457 e. The molecular formula is C23H22N2O4. The number of para-hydroxylation sites is 1. The topological polar surface area (TPSA) is 78.9 Å². The molecule has 0 spiro atoms. The highest BCUT2D eigenvalue weighted by Gasteiger charge is 2.21. The summed E-state index contributed by atoms with van der Waals surface area (Å²) in [6, 6.07) is 25.4. The van der Waals surface area contributed by atoms with Crippen molar-refractivity contribution in [2.45, 2.75) is 6.54 Å².